The number of aromatic nitrogens is 1. The van der Waals surface area contributed by atoms with E-state index in [9.17, 15) is 4.79 Å². The van der Waals surface area contributed by atoms with Gasteiger partial charge in [-0.25, -0.2) is 0 Å². The minimum atomic E-state index is -0.144. The molecular weight excluding hydrogens is 378 g/mol. The van der Waals surface area contributed by atoms with E-state index in [0.717, 1.165) is 41.7 Å². The third kappa shape index (κ3) is 4.48. The normalized spacial score (nSPS) is 16.0. The van der Waals surface area contributed by atoms with Gasteiger partial charge in [-0.2, -0.15) is 0 Å². The molecule has 6 nitrogen and oxygen atoms in total. The first-order valence-corrected chi connectivity index (χ1v) is 10.3. The maximum atomic E-state index is 12.6. The van der Waals surface area contributed by atoms with Crippen LogP contribution in [0.3, 0.4) is 0 Å². The SMILES string of the molecule is Cc1noc(C)c1COc1ccc(C(=O)Nc2ccc(N3CCC(C)C3)cc2)cc1. The molecule has 0 radical (unpaired) electrons. The third-order valence-corrected chi connectivity index (χ3v) is 5.60. The summed E-state index contributed by atoms with van der Waals surface area (Å²) in [6.07, 6.45) is 1.23. The van der Waals surface area contributed by atoms with Crippen molar-refractivity contribution in [2.24, 2.45) is 5.92 Å². The summed E-state index contributed by atoms with van der Waals surface area (Å²) in [5, 5.41) is 6.88. The van der Waals surface area contributed by atoms with Crippen molar-refractivity contribution in [3.63, 3.8) is 0 Å². The molecular formula is C24H27N3O3. The first-order valence-electron chi connectivity index (χ1n) is 10.3. The van der Waals surface area contributed by atoms with Crippen molar-refractivity contribution < 1.29 is 14.1 Å². The quantitative estimate of drug-likeness (QED) is 0.627. The molecule has 2 heterocycles. The molecule has 1 fully saturated rings. The molecule has 0 spiro atoms. The Morgan fingerprint density at radius 3 is 2.50 bits per heavy atom. The summed E-state index contributed by atoms with van der Waals surface area (Å²) in [5.41, 5.74) is 4.35. The van der Waals surface area contributed by atoms with Gasteiger partial charge in [0.15, 0.2) is 0 Å². The largest absolute Gasteiger partial charge is 0.489 e. The topological polar surface area (TPSA) is 67.6 Å². The Bertz CT molecular complexity index is 990. The third-order valence-electron chi connectivity index (χ3n) is 5.60. The summed E-state index contributed by atoms with van der Waals surface area (Å²) in [7, 11) is 0. The van der Waals surface area contributed by atoms with Gasteiger partial charge in [-0.1, -0.05) is 12.1 Å². The highest BCUT2D eigenvalue weighted by atomic mass is 16.5. The van der Waals surface area contributed by atoms with E-state index in [2.05, 4.69) is 34.4 Å². The predicted molar refractivity (Wildman–Crippen MR) is 117 cm³/mol. The van der Waals surface area contributed by atoms with E-state index in [0.29, 0.717) is 17.9 Å². The van der Waals surface area contributed by atoms with Crippen molar-refractivity contribution in [1.82, 2.24) is 5.16 Å². The lowest BCUT2D eigenvalue weighted by molar-refractivity contribution is 0.102. The van der Waals surface area contributed by atoms with Crippen LogP contribution in [0.2, 0.25) is 0 Å². The van der Waals surface area contributed by atoms with Gasteiger partial charge < -0.3 is 19.5 Å². The number of benzene rings is 2. The van der Waals surface area contributed by atoms with Crippen LogP contribution in [-0.4, -0.2) is 24.2 Å². The lowest BCUT2D eigenvalue weighted by Gasteiger charge is -2.18. The minimum absolute atomic E-state index is 0.144. The maximum absolute atomic E-state index is 12.6. The molecule has 1 unspecified atom stereocenters. The smallest absolute Gasteiger partial charge is 0.255 e. The number of carbonyl (C=O) groups excluding carboxylic acids is 1. The van der Waals surface area contributed by atoms with Crippen LogP contribution in [0.4, 0.5) is 11.4 Å². The Morgan fingerprint density at radius 2 is 1.90 bits per heavy atom. The average molecular weight is 405 g/mol. The number of nitrogens with one attached hydrogen (secondary N) is 1. The van der Waals surface area contributed by atoms with Gasteiger partial charge in [-0.05, 0) is 74.7 Å². The zero-order valence-corrected chi connectivity index (χ0v) is 17.6. The molecule has 3 aromatic rings. The van der Waals surface area contributed by atoms with Gasteiger partial charge in [0.2, 0.25) is 0 Å². The van der Waals surface area contributed by atoms with Gasteiger partial charge in [0.25, 0.3) is 5.91 Å². The van der Waals surface area contributed by atoms with Crippen LogP contribution in [0.1, 0.15) is 40.7 Å². The van der Waals surface area contributed by atoms with Gasteiger partial charge in [0.05, 0.1) is 11.3 Å². The Balaban J connectivity index is 1.33. The Morgan fingerprint density at radius 1 is 1.17 bits per heavy atom. The highest BCUT2D eigenvalue weighted by Gasteiger charge is 2.18. The summed E-state index contributed by atoms with van der Waals surface area (Å²) in [6.45, 7) is 8.61. The van der Waals surface area contributed by atoms with E-state index < -0.39 is 0 Å². The summed E-state index contributed by atoms with van der Waals surface area (Å²) >= 11 is 0. The fourth-order valence-corrected chi connectivity index (χ4v) is 3.69. The van der Waals surface area contributed by atoms with E-state index in [4.69, 9.17) is 9.26 Å². The number of amides is 1. The number of hydrogen-bond donors (Lipinski definition) is 1. The molecule has 0 bridgehead atoms. The number of carbonyl (C=O) groups is 1. The van der Waals surface area contributed by atoms with E-state index >= 15 is 0 Å². The average Bonchev–Trinajstić information content (AvgIpc) is 3.32. The standard InChI is InChI=1S/C24H27N3O3/c1-16-12-13-27(14-16)21-8-6-20(7-9-21)25-24(28)19-4-10-22(11-5-19)29-15-23-17(2)26-30-18(23)3/h4-11,16H,12-15H2,1-3H3,(H,25,28). The molecule has 1 aliphatic heterocycles. The molecule has 6 heteroatoms. The van der Waals surface area contributed by atoms with Gasteiger partial charge in [-0.15, -0.1) is 0 Å². The highest BCUT2D eigenvalue weighted by molar-refractivity contribution is 6.04. The molecule has 0 saturated carbocycles. The van der Waals surface area contributed by atoms with Crippen molar-refractivity contribution in [1.29, 1.82) is 0 Å². The number of hydrogen-bond acceptors (Lipinski definition) is 5. The van der Waals surface area contributed by atoms with E-state index in [1.807, 2.05) is 26.0 Å². The first-order chi connectivity index (χ1) is 14.5. The second-order valence-electron chi connectivity index (χ2n) is 7.96. The van der Waals surface area contributed by atoms with E-state index in [1.54, 1.807) is 24.3 Å². The number of nitrogens with zero attached hydrogens (tertiary/aromatic N) is 2. The molecule has 156 valence electrons. The highest BCUT2D eigenvalue weighted by Crippen LogP contribution is 2.25. The fraction of sp³-hybridized carbons (Fsp3) is 0.333. The van der Waals surface area contributed by atoms with Crippen LogP contribution >= 0.6 is 0 Å². The number of anilines is 2. The zero-order valence-electron chi connectivity index (χ0n) is 17.6. The Labute approximate surface area is 176 Å². The fourth-order valence-electron chi connectivity index (χ4n) is 3.69. The monoisotopic (exact) mass is 405 g/mol. The predicted octanol–water partition coefficient (Wildman–Crippen LogP) is 4.97. The van der Waals surface area contributed by atoms with E-state index in [1.165, 1.54) is 12.1 Å². The van der Waals surface area contributed by atoms with Crippen LogP contribution in [-0.2, 0) is 6.61 Å². The lowest BCUT2D eigenvalue weighted by atomic mass is 10.2. The number of aryl methyl sites for hydroxylation is 2. The summed E-state index contributed by atoms with van der Waals surface area (Å²) in [6, 6.07) is 15.2. The van der Waals surface area contributed by atoms with E-state index in [-0.39, 0.29) is 5.91 Å². The first kappa shape index (κ1) is 20.0. The van der Waals surface area contributed by atoms with Gasteiger partial charge in [0.1, 0.15) is 18.1 Å². The van der Waals surface area contributed by atoms with Crippen molar-refractivity contribution in [2.45, 2.75) is 33.8 Å². The summed E-state index contributed by atoms with van der Waals surface area (Å²) in [4.78, 5) is 14.9. The van der Waals surface area contributed by atoms with Gasteiger partial charge in [-0.3, -0.25) is 4.79 Å². The minimum Gasteiger partial charge on any atom is -0.489 e. The van der Waals surface area contributed by atoms with Crippen molar-refractivity contribution in [3.05, 3.63) is 71.1 Å². The number of ether oxygens (including phenoxy) is 1. The molecule has 1 aromatic heterocycles. The second kappa shape index (κ2) is 8.61. The van der Waals surface area contributed by atoms with Crippen molar-refractivity contribution in [2.75, 3.05) is 23.3 Å². The Kier molecular flexibility index (Phi) is 5.74. The van der Waals surface area contributed by atoms with Gasteiger partial charge >= 0.3 is 0 Å². The molecule has 0 aliphatic carbocycles. The molecule has 1 saturated heterocycles. The molecule has 1 N–H and O–H groups in total. The number of rotatable bonds is 6. The van der Waals surface area contributed by atoms with Crippen LogP contribution in [0.25, 0.3) is 0 Å². The second-order valence-corrected chi connectivity index (χ2v) is 7.96. The van der Waals surface area contributed by atoms with Crippen molar-refractivity contribution in [3.8, 4) is 5.75 Å². The molecule has 1 amide bonds. The zero-order chi connectivity index (χ0) is 21.1. The van der Waals surface area contributed by atoms with Gasteiger partial charge in [0, 0.05) is 30.0 Å². The molecule has 30 heavy (non-hydrogen) atoms. The van der Waals surface area contributed by atoms with Crippen LogP contribution < -0.4 is 15.0 Å². The maximum Gasteiger partial charge on any atom is 0.255 e. The summed E-state index contributed by atoms with van der Waals surface area (Å²) in [5.74, 6) is 2.04. The summed E-state index contributed by atoms with van der Waals surface area (Å²) < 4.78 is 10.9. The molecule has 2 aromatic carbocycles. The van der Waals surface area contributed by atoms with Crippen LogP contribution in [0.5, 0.6) is 5.75 Å². The Hall–Kier alpha value is -3.28. The molecule has 4 rings (SSSR count). The lowest BCUT2D eigenvalue weighted by Crippen LogP contribution is -2.19. The molecule has 1 atom stereocenters. The van der Waals surface area contributed by atoms with Crippen LogP contribution in [0.15, 0.2) is 53.1 Å². The molecule has 1 aliphatic rings. The van der Waals surface area contributed by atoms with Crippen LogP contribution in [0, 0.1) is 19.8 Å². The van der Waals surface area contributed by atoms with Crippen molar-refractivity contribution >= 4 is 17.3 Å².